The molecule has 1 saturated carbocycles. The molecule has 0 atom stereocenters. The second-order valence-corrected chi connectivity index (χ2v) is 7.74. The van der Waals surface area contributed by atoms with Gasteiger partial charge in [-0.3, -0.25) is 0 Å². The number of nitrogens with zero attached hydrogens (tertiary/aromatic N) is 2. The molecule has 0 spiro atoms. The van der Waals surface area contributed by atoms with Crippen LogP contribution in [0, 0.1) is 17.2 Å². The average Bonchev–Trinajstić information content (AvgIpc) is 2.33. The van der Waals surface area contributed by atoms with Crippen LogP contribution in [0.15, 0.2) is 0 Å². The Bertz CT molecular complexity index is 378. The van der Waals surface area contributed by atoms with Crippen LogP contribution in [-0.4, -0.2) is 45.0 Å². The van der Waals surface area contributed by atoms with Crippen LogP contribution in [0.3, 0.4) is 0 Å². The minimum atomic E-state index is -2.81. The maximum absolute atomic E-state index is 11.1. The molecule has 1 aliphatic rings. The zero-order valence-corrected chi connectivity index (χ0v) is 12.2. The van der Waals surface area contributed by atoms with E-state index in [9.17, 15) is 8.42 Å². The minimum absolute atomic E-state index is 0.326. The summed E-state index contributed by atoms with van der Waals surface area (Å²) in [4.78, 5) is 2.27. The largest absolute Gasteiger partial charge is 0.302 e. The summed E-state index contributed by atoms with van der Waals surface area (Å²) in [5.41, 5.74) is 0. The van der Waals surface area contributed by atoms with Crippen molar-refractivity contribution in [3.63, 3.8) is 0 Å². The third-order valence-corrected chi connectivity index (χ3v) is 4.89. The molecule has 0 aromatic carbocycles. The fraction of sp³-hybridized carbons (Fsp3) is 0.923. The molecular formula is C13H24N2O2S. The van der Waals surface area contributed by atoms with E-state index in [1.165, 1.54) is 6.26 Å². The Hall–Kier alpha value is -0.600. The number of sulfone groups is 1. The van der Waals surface area contributed by atoms with E-state index >= 15 is 0 Å². The second kappa shape index (κ2) is 7.10. The lowest BCUT2D eigenvalue weighted by atomic mass is 9.84. The fourth-order valence-corrected chi connectivity index (χ4v) is 3.43. The first-order valence-corrected chi connectivity index (χ1v) is 8.73. The maximum Gasteiger partial charge on any atom is 0.147 e. The Morgan fingerprint density at radius 2 is 1.89 bits per heavy atom. The van der Waals surface area contributed by atoms with Gasteiger partial charge in [-0.1, -0.05) is 0 Å². The quantitative estimate of drug-likeness (QED) is 0.740. The van der Waals surface area contributed by atoms with Crippen molar-refractivity contribution < 1.29 is 8.42 Å². The lowest BCUT2D eigenvalue weighted by Gasteiger charge is -2.34. The molecule has 4 nitrogen and oxygen atoms in total. The molecule has 104 valence electrons. The summed E-state index contributed by atoms with van der Waals surface area (Å²) in [5, 5.41) is 8.57. The van der Waals surface area contributed by atoms with Gasteiger partial charge in [0.2, 0.25) is 0 Å². The summed E-state index contributed by atoms with van der Waals surface area (Å²) in [7, 11) is -0.730. The van der Waals surface area contributed by atoms with Gasteiger partial charge >= 0.3 is 0 Å². The van der Waals surface area contributed by atoms with Gasteiger partial charge in [-0.2, -0.15) is 5.26 Å². The van der Waals surface area contributed by atoms with E-state index in [-0.39, 0.29) is 0 Å². The van der Waals surface area contributed by atoms with Gasteiger partial charge < -0.3 is 4.90 Å². The summed E-state index contributed by atoms with van der Waals surface area (Å²) in [6, 6.07) is 2.75. The van der Waals surface area contributed by atoms with Gasteiger partial charge in [0.25, 0.3) is 0 Å². The highest BCUT2D eigenvalue weighted by Gasteiger charge is 2.24. The highest BCUT2D eigenvalue weighted by Crippen LogP contribution is 2.29. The van der Waals surface area contributed by atoms with Crippen molar-refractivity contribution in [2.75, 3.05) is 25.6 Å². The van der Waals surface area contributed by atoms with E-state index in [0.717, 1.165) is 38.6 Å². The topological polar surface area (TPSA) is 61.2 Å². The van der Waals surface area contributed by atoms with Gasteiger partial charge in [0.05, 0.1) is 11.8 Å². The van der Waals surface area contributed by atoms with Gasteiger partial charge in [0, 0.05) is 25.3 Å². The lowest BCUT2D eigenvalue weighted by molar-refractivity contribution is 0.166. The first kappa shape index (κ1) is 15.5. The number of hydrogen-bond acceptors (Lipinski definition) is 4. The van der Waals surface area contributed by atoms with Crippen LogP contribution in [0.4, 0.5) is 0 Å². The summed E-state index contributed by atoms with van der Waals surface area (Å²) in [6.45, 7) is 0.842. The fourth-order valence-electron chi connectivity index (χ4n) is 2.66. The summed E-state index contributed by atoms with van der Waals surface area (Å²) >= 11 is 0. The van der Waals surface area contributed by atoms with Crippen molar-refractivity contribution in [2.24, 2.45) is 5.92 Å². The van der Waals surface area contributed by atoms with Gasteiger partial charge in [-0.25, -0.2) is 8.42 Å². The molecule has 0 N–H and O–H groups in total. The van der Waals surface area contributed by atoms with Crippen molar-refractivity contribution >= 4 is 9.84 Å². The monoisotopic (exact) mass is 272 g/mol. The first-order chi connectivity index (χ1) is 8.42. The molecule has 0 aliphatic heterocycles. The van der Waals surface area contributed by atoms with Crippen LogP contribution >= 0.6 is 0 Å². The maximum atomic E-state index is 11.1. The average molecular weight is 272 g/mol. The van der Waals surface area contributed by atoms with Gasteiger partial charge in [0.15, 0.2) is 0 Å². The van der Waals surface area contributed by atoms with Gasteiger partial charge in [-0.15, -0.1) is 0 Å². The van der Waals surface area contributed by atoms with Crippen LogP contribution in [0.1, 0.15) is 38.5 Å². The molecule has 1 fully saturated rings. The second-order valence-electron chi connectivity index (χ2n) is 5.48. The minimum Gasteiger partial charge on any atom is -0.302 e. The molecule has 0 saturated heterocycles. The molecule has 5 heteroatoms. The molecular weight excluding hydrogens is 248 g/mol. The first-order valence-electron chi connectivity index (χ1n) is 6.67. The van der Waals surface area contributed by atoms with Gasteiger partial charge in [0.1, 0.15) is 9.84 Å². The van der Waals surface area contributed by atoms with E-state index in [4.69, 9.17) is 5.26 Å². The predicted molar refractivity (Wildman–Crippen MR) is 72.9 cm³/mol. The van der Waals surface area contributed by atoms with Crippen molar-refractivity contribution in [3.8, 4) is 6.07 Å². The Morgan fingerprint density at radius 1 is 1.28 bits per heavy atom. The zero-order chi connectivity index (χ0) is 13.6. The zero-order valence-electron chi connectivity index (χ0n) is 11.4. The van der Waals surface area contributed by atoms with Crippen molar-refractivity contribution in [1.29, 1.82) is 5.26 Å². The number of nitriles is 1. The Balaban J connectivity index is 2.26. The van der Waals surface area contributed by atoms with Crippen LogP contribution in [0.25, 0.3) is 0 Å². The third-order valence-electron chi connectivity index (χ3n) is 3.91. The molecule has 0 unspecified atom stereocenters. The smallest absolute Gasteiger partial charge is 0.147 e. The van der Waals surface area contributed by atoms with E-state index < -0.39 is 9.84 Å². The Labute approximate surface area is 111 Å². The molecule has 0 bridgehead atoms. The summed E-state index contributed by atoms with van der Waals surface area (Å²) < 4.78 is 22.3. The molecule has 0 radical (unpaired) electrons. The molecule has 18 heavy (non-hydrogen) atoms. The van der Waals surface area contributed by atoms with Crippen LogP contribution in [0.2, 0.25) is 0 Å². The molecule has 0 amide bonds. The molecule has 0 aromatic heterocycles. The number of rotatable bonds is 6. The molecule has 0 heterocycles. The van der Waals surface area contributed by atoms with Crippen LogP contribution in [0.5, 0.6) is 0 Å². The van der Waals surface area contributed by atoms with Crippen molar-refractivity contribution in [1.82, 2.24) is 4.90 Å². The lowest BCUT2D eigenvalue weighted by Crippen LogP contribution is -2.36. The standard InChI is InChI=1S/C13H24N2O2S/c1-15(10-3-9-14)13-6-4-12(5-7-13)8-11-18(2,16)17/h12-13H,3-8,10-11H2,1-2H3. The van der Waals surface area contributed by atoms with E-state index in [2.05, 4.69) is 18.0 Å². The molecule has 0 aromatic rings. The van der Waals surface area contributed by atoms with E-state index in [1.807, 2.05) is 0 Å². The highest BCUT2D eigenvalue weighted by molar-refractivity contribution is 7.90. The Kier molecular flexibility index (Phi) is 6.10. The normalized spacial score (nSPS) is 25.0. The Morgan fingerprint density at radius 3 is 2.39 bits per heavy atom. The number of hydrogen-bond donors (Lipinski definition) is 0. The highest BCUT2D eigenvalue weighted by atomic mass is 32.2. The van der Waals surface area contributed by atoms with Crippen molar-refractivity contribution in [3.05, 3.63) is 0 Å². The SMILES string of the molecule is CN(CCC#N)C1CCC(CCS(C)(=O)=O)CC1. The van der Waals surface area contributed by atoms with E-state index in [0.29, 0.717) is 24.1 Å². The van der Waals surface area contributed by atoms with Crippen LogP contribution < -0.4 is 0 Å². The van der Waals surface area contributed by atoms with E-state index in [1.54, 1.807) is 0 Å². The van der Waals surface area contributed by atoms with Gasteiger partial charge in [-0.05, 0) is 45.1 Å². The summed E-state index contributed by atoms with van der Waals surface area (Å²) in [5.74, 6) is 0.896. The van der Waals surface area contributed by atoms with Crippen LogP contribution in [-0.2, 0) is 9.84 Å². The molecule has 1 rings (SSSR count). The summed E-state index contributed by atoms with van der Waals surface area (Å²) in [6.07, 6.45) is 7.23. The van der Waals surface area contributed by atoms with Crippen molar-refractivity contribution in [2.45, 2.75) is 44.6 Å². The molecule has 1 aliphatic carbocycles. The third kappa shape index (κ3) is 5.83. The predicted octanol–water partition coefficient (Wildman–Crippen LogP) is 1.83.